The van der Waals surface area contributed by atoms with E-state index in [4.69, 9.17) is 14.6 Å². The summed E-state index contributed by atoms with van der Waals surface area (Å²) in [7, 11) is -3.86. The molecule has 0 spiro atoms. The molecule has 23 heteroatoms. The molecule has 6 heterocycles. The van der Waals surface area contributed by atoms with Gasteiger partial charge in [0.2, 0.25) is 10.0 Å². The quantitative estimate of drug-likeness (QED) is 0.0820. The van der Waals surface area contributed by atoms with Crippen molar-refractivity contribution in [3.8, 4) is 0 Å². The Morgan fingerprint density at radius 2 is 1.23 bits per heavy atom. The number of hydrogen-bond donors (Lipinski definition) is 5. The molecule has 5 aromatic rings. The molecule has 2 aliphatic rings. The normalized spacial score (nSPS) is 22.5. The highest BCUT2D eigenvalue weighted by Gasteiger charge is 2.40. The van der Waals surface area contributed by atoms with Gasteiger partial charge >= 0.3 is 11.4 Å². The Kier molecular flexibility index (Phi) is 11.3. The molecular formula is C34H42N12O10S. The molecular weight excluding hydrogens is 769 g/mol. The van der Waals surface area contributed by atoms with Crippen molar-refractivity contribution in [3.05, 3.63) is 119 Å². The molecule has 0 radical (unpaired) electrons. The van der Waals surface area contributed by atoms with Gasteiger partial charge in [-0.05, 0) is 38.0 Å². The highest BCUT2D eigenvalue weighted by Crippen LogP contribution is 2.37. The second kappa shape index (κ2) is 16.2. The molecule has 7 rings (SSSR count). The van der Waals surface area contributed by atoms with Gasteiger partial charge in [-0.3, -0.25) is 33.6 Å². The van der Waals surface area contributed by atoms with E-state index >= 15 is 0 Å². The van der Waals surface area contributed by atoms with E-state index in [0.717, 1.165) is 5.56 Å². The summed E-state index contributed by atoms with van der Waals surface area (Å²) >= 11 is 0. The minimum absolute atomic E-state index is 0.00362. The summed E-state index contributed by atoms with van der Waals surface area (Å²) in [6.07, 6.45) is 4.35. The standard InChI is InChI=1S/C34H42N12O10S/c1-19-11-43(33(51)36-31(19)49)29-9-25(27(17-47)55-29)45-15-22(38-40-45)13-42(8-7-21-3-5-24(6-4-21)57(35,53)54)14-23-16-46(41-39-23)26-10-30(56-28(26)18-48)44-12-20(2)32(50)37-34(44)52/h3-6,11-12,15-16,25-30,47-48H,7-10,13-14,17-18H2,1-2H3,(H2,35,53,54)(H,36,49,51)(H,37,50,52)/t25-,26-,27+,28+,29+,30+/m0/s1. The third-order valence-corrected chi connectivity index (χ3v) is 11.1. The second-order valence-electron chi connectivity index (χ2n) is 14.2. The van der Waals surface area contributed by atoms with E-state index in [0.29, 0.717) is 35.5 Å². The Balaban J connectivity index is 1.09. The van der Waals surface area contributed by atoms with Crippen LogP contribution in [0.2, 0.25) is 0 Å². The van der Waals surface area contributed by atoms with Gasteiger partial charge in [0.15, 0.2) is 0 Å². The smallest absolute Gasteiger partial charge is 0.330 e. The number of rotatable bonds is 14. The van der Waals surface area contributed by atoms with E-state index in [-0.39, 0.29) is 44.0 Å². The number of aliphatic hydroxyl groups excluding tert-OH is 2. The van der Waals surface area contributed by atoms with E-state index in [1.807, 2.05) is 4.90 Å². The lowest BCUT2D eigenvalue weighted by Gasteiger charge is -2.20. The van der Waals surface area contributed by atoms with Gasteiger partial charge in [-0.2, -0.15) is 0 Å². The van der Waals surface area contributed by atoms with Crippen LogP contribution in [0.3, 0.4) is 0 Å². The van der Waals surface area contributed by atoms with Crippen LogP contribution in [-0.4, -0.2) is 105 Å². The zero-order chi connectivity index (χ0) is 40.6. The molecule has 22 nitrogen and oxygen atoms in total. The number of aryl methyl sites for hydroxylation is 2. The number of primary sulfonamides is 1. The molecule has 0 saturated carbocycles. The molecule has 0 bridgehead atoms. The molecule has 304 valence electrons. The zero-order valence-corrected chi connectivity index (χ0v) is 31.7. The fourth-order valence-corrected chi connectivity index (χ4v) is 7.67. The first-order chi connectivity index (χ1) is 27.2. The predicted octanol–water partition coefficient (Wildman–Crippen LogP) is -1.88. The molecule has 4 aromatic heterocycles. The number of aliphatic hydroxyl groups is 2. The molecule has 2 saturated heterocycles. The van der Waals surface area contributed by atoms with E-state index in [1.54, 1.807) is 47.7 Å². The van der Waals surface area contributed by atoms with Crippen molar-refractivity contribution in [2.75, 3.05) is 19.8 Å². The van der Waals surface area contributed by atoms with Crippen LogP contribution >= 0.6 is 0 Å². The summed E-state index contributed by atoms with van der Waals surface area (Å²) in [5, 5.41) is 43.0. The SMILES string of the molecule is Cc1cn([C@H]2C[C@H](n3cc(CN(CCc4ccc(S(N)(=O)=O)cc4)Cc4cn([C@H]5C[C@H](n6cc(C)c(=O)[nH]c6=O)O[C@@H]5CO)nn4)nn3)[C@@H](CO)O2)c(=O)[nH]c1=O. The van der Waals surface area contributed by atoms with Crippen molar-refractivity contribution in [3.63, 3.8) is 0 Å². The van der Waals surface area contributed by atoms with Gasteiger partial charge in [-0.25, -0.2) is 32.5 Å². The van der Waals surface area contributed by atoms with E-state index < -0.39 is 69.3 Å². The van der Waals surface area contributed by atoms with Crippen molar-refractivity contribution in [1.29, 1.82) is 0 Å². The average molecular weight is 811 g/mol. The molecule has 0 unspecified atom stereocenters. The number of ether oxygens (including phenoxy) is 2. The fourth-order valence-electron chi connectivity index (χ4n) is 7.16. The molecule has 2 fully saturated rings. The Morgan fingerprint density at radius 3 is 1.65 bits per heavy atom. The Hall–Kier alpha value is -5.43. The van der Waals surface area contributed by atoms with Gasteiger partial charge in [-0.1, -0.05) is 22.6 Å². The second-order valence-corrected chi connectivity index (χ2v) is 15.8. The van der Waals surface area contributed by atoms with Gasteiger partial charge in [0.25, 0.3) is 11.1 Å². The maximum absolute atomic E-state index is 12.6. The lowest BCUT2D eigenvalue weighted by atomic mass is 10.1. The van der Waals surface area contributed by atoms with Crippen LogP contribution in [-0.2, 0) is 39.0 Å². The molecule has 6 N–H and O–H groups in total. The van der Waals surface area contributed by atoms with E-state index in [1.165, 1.54) is 33.7 Å². The van der Waals surface area contributed by atoms with Crippen molar-refractivity contribution in [1.82, 2.24) is 54.0 Å². The van der Waals surface area contributed by atoms with Crippen LogP contribution < -0.4 is 27.6 Å². The van der Waals surface area contributed by atoms with Gasteiger partial charge in [0.05, 0.1) is 54.0 Å². The van der Waals surface area contributed by atoms with Crippen molar-refractivity contribution >= 4 is 10.0 Å². The first kappa shape index (κ1) is 39.8. The van der Waals surface area contributed by atoms with Gasteiger partial charge in [0.1, 0.15) is 24.7 Å². The first-order valence-electron chi connectivity index (χ1n) is 18.0. The zero-order valence-electron chi connectivity index (χ0n) is 30.9. The Labute approximate surface area is 323 Å². The Bertz CT molecular complexity index is 2440. The van der Waals surface area contributed by atoms with Gasteiger partial charge in [0, 0.05) is 56.0 Å². The Morgan fingerprint density at radius 1 is 0.772 bits per heavy atom. The summed E-state index contributed by atoms with van der Waals surface area (Å²) in [6, 6.07) is 5.29. The van der Waals surface area contributed by atoms with Crippen LogP contribution in [0.25, 0.3) is 0 Å². The highest BCUT2D eigenvalue weighted by molar-refractivity contribution is 7.89. The summed E-state index contributed by atoms with van der Waals surface area (Å²) in [4.78, 5) is 55.6. The third-order valence-electron chi connectivity index (χ3n) is 10.2. The molecule has 0 amide bonds. The van der Waals surface area contributed by atoms with Crippen LogP contribution in [0.4, 0.5) is 0 Å². The molecule has 57 heavy (non-hydrogen) atoms. The predicted molar refractivity (Wildman–Crippen MR) is 197 cm³/mol. The van der Waals surface area contributed by atoms with Gasteiger partial charge < -0.3 is 19.7 Å². The number of hydrogen-bond acceptors (Lipinski definition) is 15. The maximum atomic E-state index is 12.6. The summed E-state index contributed by atoms with van der Waals surface area (Å²) < 4.78 is 41.3. The number of nitrogens with two attached hydrogens (primary N) is 1. The lowest BCUT2D eigenvalue weighted by molar-refractivity contribution is -0.0324. The van der Waals surface area contributed by atoms with Crippen LogP contribution in [0, 0.1) is 13.8 Å². The summed E-state index contributed by atoms with van der Waals surface area (Å²) in [5.74, 6) is 0. The molecule has 6 atom stereocenters. The number of benzene rings is 1. The first-order valence-corrected chi connectivity index (χ1v) is 19.6. The van der Waals surface area contributed by atoms with Crippen LogP contribution in [0.15, 0.2) is 73.1 Å². The lowest BCUT2D eigenvalue weighted by Crippen LogP contribution is -2.33. The topological polar surface area (TPSA) is 293 Å². The monoisotopic (exact) mass is 810 g/mol. The van der Waals surface area contributed by atoms with Crippen LogP contribution in [0.1, 0.15) is 65.5 Å². The number of aromatic nitrogens is 10. The van der Waals surface area contributed by atoms with Crippen LogP contribution in [0.5, 0.6) is 0 Å². The number of H-pyrrole nitrogens is 2. The number of aromatic amines is 2. The van der Waals surface area contributed by atoms with E-state index in [2.05, 4.69) is 30.6 Å². The number of nitrogens with zero attached hydrogens (tertiary/aromatic N) is 9. The van der Waals surface area contributed by atoms with Crippen molar-refractivity contribution in [2.45, 2.75) is 87.8 Å². The van der Waals surface area contributed by atoms with Gasteiger partial charge in [-0.15, -0.1) is 10.2 Å². The average Bonchev–Trinajstić information content (AvgIpc) is 4.00. The molecule has 0 aliphatic carbocycles. The van der Waals surface area contributed by atoms with Crippen molar-refractivity contribution < 1.29 is 28.1 Å². The number of nitrogens with one attached hydrogen (secondary N) is 2. The third kappa shape index (κ3) is 8.63. The summed E-state index contributed by atoms with van der Waals surface area (Å²) in [5.41, 5.74) is 0.385. The summed E-state index contributed by atoms with van der Waals surface area (Å²) in [6.45, 7) is 3.46. The maximum Gasteiger partial charge on any atom is 0.330 e. The molecule has 1 aromatic carbocycles. The number of sulfonamides is 1. The van der Waals surface area contributed by atoms with E-state index in [9.17, 15) is 37.8 Å². The molecule has 2 aliphatic heterocycles. The minimum Gasteiger partial charge on any atom is -0.394 e. The fraction of sp³-hybridized carbons (Fsp3) is 0.471. The van der Waals surface area contributed by atoms with Crippen molar-refractivity contribution in [2.24, 2.45) is 5.14 Å². The minimum atomic E-state index is -3.86. The highest BCUT2D eigenvalue weighted by atomic mass is 32.2. The largest absolute Gasteiger partial charge is 0.394 e.